The first kappa shape index (κ1) is 16.3. The van der Waals surface area contributed by atoms with E-state index in [9.17, 15) is 0 Å². The van der Waals surface area contributed by atoms with Gasteiger partial charge >= 0.3 is 0 Å². The van der Waals surface area contributed by atoms with E-state index < -0.39 is 0 Å². The van der Waals surface area contributed by atoms with Gasteiger partial charge in [-0.25, -0.2) is 0 Å². The Kier molecular flexibility index (Phi) is 5.95. The summed E-state index contributed by atoms with van der Waals surface area (Å²) in [6, 6.07) is 9.07. The normalized spacial score (nSPS) is 11.1. The standard InChI is InChI=1S/C14H9Cl2I2NO/c1-8-13(17)2-9(3-14(8)18)7-19-20-12-5-10(15)4-11(16)6-12/h2-7H,1H3/b19-7+. The van der Waals surface area contributed by atoms with Crippen molar-refractivity contribution in [3.63, 3.8) is 0 Å². The average molecular weight is 532 g/mol. The molecule has 0 spiro atoms. The highest BCUT2D eigenvalue weighted by molar-refractivity contribution is 14.1. The van der Waals surface area contributed by atoms with Crippen LogP contribution in [0.15, 0.2) is 35.5 Å². The summed E-state index contributed by atoms with van der Waals surface area (Å²) in [6.07, 6.45) is 1.67. The van der Waals surface area contributed by atoms with Crippen molar-refractivity contribution in [1.29, 1.82) is 0 Å². The molecule has 0 aliphatic heterocycles. The molecule has 0 fully saturated rings. The van der Waals surface area contributed by atoms with Crippen LogP contribution in [0.3, 0.4) is 0 Å². The van der Waals surface area contributed by atoms with Gasteiger partial charge in [-0.15, -0.1) is 0 Å². The number of halogens is 4. The van der Waals surface area contributed by atoms with Gasteiger partial charge in [0.1, 0.15) is 0 Å². The molecule has 104 valence electrons. The predicted octanol–water partition coefficient (Wildman–Crippen LogP) is 5.92. The van der Waals surface area contributed by atoms with E-state index in [1.165, 1.54) is 12.7 Å². The van der Waals surface area contributed by atoms with Crippen molar-refractivity contribution in [2.75, 3.05) is 0 Å². The molecule has 6 heteroatoms. The lowest BCUT2D eigenvalue weighted by molar-refractivity contribution is 0.344. The monoisotopic (exact) mass is 531 g/mol. The molecule has 0 aliphatic carbocycles. The minimum atomic E-state index is 0.509. The van der Waals surface area contributed by atoms with Crippen molar-refractivity contribution in [1.82, 2.24) is 0 Å². The molecule has 2 aromatic rings. The van der Waals surface area contributed by atoms with Crippen LogP contribution in [0.2, 0.25) is 10.0 Å². The van der Waals surface area contributed by atoms with E-state index in [1.54, 1.807) is 24.4 Å². The fraction of sp³-hybridized carbons (Fsp3) is 0.0714. The zero-order chi connectivity index (χ0) is 14.7. The quantitative estimate of drug-likeness (QED) is 0.273. The highest BCUT2D eigenvalue weighted by atomic mass is 127. The van der Waals surface area contributed by atoms with Crippen molar-refractivity contribution in [2.45, 2.75) is 6.92 Å². The number of benzene rings is 2. The molecule has 0 N–H and O–H groups in total. The van der Waals surface area contributed by atoms with Crippen LogP contribution in [-0.4, -0.2) is 6.21 Å². The maximum atomic E-state index is 5.89. The zero-order valence-electron chi connectivity index (χ0n) is 10.3. The number of rotatable bonds is 3. The maximum absolute atomic E-state index is 5.89. The Morgan fingerprint density at radius 3 is 2.10 bits per heavy atom. The Balaban J connectivity index is 2.14. The van der Waals surface area contributed by atoms with Crippen LogP contribution in [-0.2, 0) is 0 Å². The van der Waals surface area contributed by atoms with Gasteiger partial charge in [-0.3, -0.25) is 0 Å². The molecule has 0 aromatic heterocycles. The molecular formula is C14H9Cl2I2NO. The highest BCUT2D eigenvalue weighted by Crippen LogP contribution is 2.24. The van der Waals surface area contributed by atoms with Gasteiger partial charge in [-0.1, -0.05) is 28.4 Å². The molecule has 0 aliphatic rings. The maximum Gasteiger partial charge on any atom is 0.160 e. The topological polar surface area (TPSA) is 21.6 Å². The Labute approximate surface area is 154 Å². The predicted molar refractivity (Wildman–Crippen MR) is 101 cm³/mol. The summed E-state index contributed by atoms with van der Waals surface area (Å²) in [5.41, 5.74) is 2.25. The van der Waals surface area contributed by atoms with Crippen molar-refractivity contribution < 1.29 is 4.84 Å². The van der Waals surface area contributed by atoms with Crippen molar-refractivity contribution >= 4 is 74.6 Å². The van der Waals surface area contributed by atoms with Crippen LogP contribution >= 0.6 is 68.4 Å². The number of oxime groups is 1. The largest absolute Gasteiger partial charge is 0.357 e. The number of nitrogens with zero attached hydrogens (tertiary/aromatic N) is 1. The first-order valence-corrected chi connectivity index (χ1v) is 8.49. The van der Waals surface area contributed by atoms with Crippen molar-refractivity contribution in [3.05, 3.63) is 58.6 Å². The molecule has 2 rings (SSSR count). The highest BCUT2D eigenvalue weighted by Gasteiger charge is 2.02. The SMILES string of the molecule is Cc1c(I)cc(/C=N/Oc2cc(Cl)cc(Cl)c2)cc1I. The summed E-state index contributed by atoms with van der Waals surface area (Å²) in [6.45, 7) is 2.09. The second kappa shape index (κ2) is 7.29. The molecule has 0 atom stereocenters. The second-order valence-electron chi connectivity index (χ2n) is 4.04. The van der Waals surface area contributed by atoms with Gasteiger partial charge < -0.3 is 4.84 Å². The molecule has 2 aromatic carbocycles. The second-order valence-corrected chi connectivity index (χ2v) is 7.24. The third kappa shape index (κ3) is 4.47. The molecule has 0 unspecified atom stereocenters. The van der Waals surface area contributed by atoms with Gasteiger partial charge in [-0.05, 0) is 81.4 Å². The van der Waals surface area contributed by atoms with E-state index in [-0.39, 0.29) is 0 Å². The summed E-state index contributed by atoms with van der Waals surface area (Å²) in [5.74, 6) is 0.509. The lowest BCUT2D eigenvalue weighted by atomic mass is 10.2. The van der Waals surface area contributed by atoms with E-state index in [0.29, 0.717) is 15.8 Å². The van der Waals surface area contributed by atoms with Gasteiger partial charge in [0, 0.05) is 29.3 Å². The smallest absolute Gasteiger partial charge is 0.160 e. The molecule has 0 radical (unpaired) electrons. The molecule has 0 amide bonds. The fourth-order valence-corrected chi connectivity index (χ4v) is 3.79. The van der Waals surface area contributed by atoms with Gasteiger partial charge in [-0.2, -0.15) is 0 Å². The van der Waals surface area contributed by atoms with Crippen LogP contribution in [0, 0.1) is 14.1 Å². The number of hydrogen-bond acceptors (Lipinski definition) is 2. The summed E-state index contributed by atoms with van der Waals surface area (Å²) in [7, 11) is 0. The minimum Gasteiger partial charge on any atom is -0.357 e. The molecule has 2 nitrogen and oxygen atoms in total. The Morgan fingerprint density at radius 1 is 1.00 bits per heavy atom. The Morgan fingerprint density at radius 2 is 1.55 bits per heavy atom. The lowest BCUT2D eigenvalue weighted by Crippen LogP contribution is -1.92. The van der Waals surface area contributed by atoms with Crippen molar-refractivity contribution in [2.24, 2.45) is 5.16 Å². The average Bonchev–Trinajstić information content (AvgIpc) is 2.34. The fourth-order valence-electron chi connectivity index (χ4n) is 1.47. The minimum absolute atomic E-state index is 0.509. The van der Waals surface area contributed by atoms with Crippen LogP contribution < -0.4 is 4.84 Å². The van der Waals surface area contributed by atoms with Gasteiger partial charge in [0.2, 0.25) is 0 Å². The Bertz CT molecular complexity index is 631. The number of hydrogen-bond donors (Lipinski definition) is 0. The lowest BCUT2D eigenvalue weighted by Gasteiger charge is -2.03. The molecular weight excluding hydrogens is 523 g/mol. The Hall–Kier alpha value is -0.0500. The van der Waals surface area contributed by atoms with Gasteiger partial charge in [0.05, 0.1) is 6.21 Å². The third-order valence-corrected chi connectivity index (χ3v) is 5.18. The van der Waals surface area contributed by atoms with Gasteiger partial charge in [0.25, 0.3) is 0 Å². The molecule has 0 bridgehead atoms. The first-order chi connectivity index (χ1) is 9.45. The van der Waals surface area contributed by atoms with Crippen LogP contribution in [0.1, 0.15) is 11.1 Å². The van der Waals surface area contributed by atoms with E-state index in [1.807, 2.05) is 0 Å². The summed E-state index contributed by atoms with van der Waals surface area (Å²) in [5, 5.41) is 4.99. The third-order valence-electron chi connectivity index (χ3n) is 2.50. The van der Waals surface area contributed by atoms with Crippen LogP contribution in [0.25, 0.3) is 0 Å². The molecule has 0 saturated heterocycles. The van der Waals surface area contributed by atoms with E-state index in [4.69, 9.17) is 28.0 Å². The summed E-state index contributed by atoms with van der Waals surface area (Å²) in [4.78, 5) is 5.28. The summed E-state index contributed by atoms with van der Waals surface area (Å²) < 4.78 is 2.39. The van der Waals surface area contributed by atoms with Gasteiger partial charge in [0.15, 0.2) is 5.75 Å². The molecule has 0 saturated carbocycles. The summed E-state index contributed by atoms with van der Waals surface area (Å²) >= 11 is 16.4. The van der Waals surface area contributed by atoms with E-state index in [0.717, 1.165) is 5.56 Å². The molecule has 20 heavy (non-hydrogen) atoms. The van der Waals surface area contributed by atoms with E-state index >= 15 is 0 Å². The molecule has 0 heterocycles. The van der Waals surface area contributed by atoms with Crippen molar-refractivity contribution in [3.8, 4) is 5.75 Å². The zero-order valence-corrected chi connectivity index (χ0v) is 16.2. The van der Waals surface area contributed by atoms with E-state index in [2.05, 4.69) is 69.4 Å². The first-order valence-electron chi connectivity index (χ1n) is 5.58. The van der Waals surface area contributed by atoms with Crippen LogP contribution in [0.4, 0.5) is 0 Å². The van der Waals surface area contributed by atoms with Crippen LogP contribution in [0.5, 0.6) is 5.75 Å².